The smallest absolute Gasteiger partial charge is 0.123 e. The molecule has 0 N–H and O–H groups in total. The van der Waals surface area contributed by atoms with Crippen molar-refractivity contribution in [3.05, 3.63) is 109 Å². The van der Waals surface area contributed by atoms with Crippen LogP contribution in [0.1, 0.15) is 0 Å². The maximum Gasteiger partial charge on any atom is 0.123 e. The van der Waals surface area contributed by atoms with Crippen LogP contribution < -0.4 is 9.47 Å². The summed E-state index contributed by atoms with van der Waals surface area (Å²) in [4.78, 5) is 0. The van der Waals surface area contributed by atoms with E-state index >= 15 is 0 Å². The van der Waals surface area contributed by atoms with Gasteiger partial charge in [-0.25, -0.2) is 9.36 Å². The summed E-state index contributed by atoms with van der Waals surface area (Å²) in [5.74, 6) is 1.43. The van der Waals surface area contributed by atoms with E-state index in [1.807, 2.05) is 119 Å². The highest BCUT2D eigenvalue weighted by Crippen LogP contribution is 2.39. The summed E-state index contributed by atoms with van der Waals surface area (Å²) in [5, 5.41) is 18.5. The quantitative estimate of drug-likeness (QED) is 0.273. The Balaban J connectivity index is 1.69. The monoisotopic (exact) mass is 500 g/mol. The summed E-state index contributed by atoms with van der Waals surface area (Å²) in [5.41, 5.74) is 6.35. The van der Waals surface area contributed by atoms with E-state index in [1.165, 1.54) is 0 Å². The molecule has 0 unspecified atom stereocenters. The van der Waals surface area contributed by atoms with Crippen LogP contribution in [0.3, 0.4) is 0 Å². The molecule has 0 aliphatic heterocycles. The summed E-state index contributed by atoms with van der Waals surface area (Å²) in [6.45, 7) is 0. The second-order valence-corrected chi connectivity index (χ2v) is 8.53. The predicted octanol–water partition coefficient (Wildman–Crippen LogP) is 5.87. The molecule has 0 radical (unpaired) electrons. The Labute approximate surface area is 219 Å². The van der Waals surface area contributed by atoms with Gasteiger partial charge in [-0.3, -0.25) is 0 Å². The highest BCUT2D eigenvalue weighted by atomic mass is 16.5. The Kier molecular flexibility index (Phi) is 6.11. The lowest BCUT2D eigenvalue weighted by atomic mass is 10.0. The minimum Gasteiger partial charge on any atom is -0.497 e. The average Bonchev–Trinajstić information content (AvgIpc) is 3.63. The number of methoxy groups -OCH3 is 2. The zero-order chi connectivity index (χ0) is 25.9. The van der Waals surface area contributed by atoms with Crippen LogP contribution in [0.25, 0.3) is 45.3 Å². The first-order valence-corrected chi connectivity index (χ1v) is 12.1. The number of benzene rings is 4. The molecule has 0 amide bonds. The standard InChI is InChI=1S/C30H24N6O2/c1-37-25-17-9-15-23(19-25)35-29(27(31-33-35)21-11-5-3-6-12-21)30-28(22-13-7-4-8-14-22)32-34-36(30)24-16-10-18-26(20-24)38-2/h3-20H,1-2H3. The van der Waals surface area contributed by atoms with Gasteiger partial charge >= 0.3 is 0 Å². The molecular weight excluding hydrogens is 476 g/mol. The number of rotatable bonds is 7. The van der Waals surface area contributed by atoms with Crippen molar-refractivity contribution in [3.63, 3.8) is 0 Å². The second kappa shape index (κ2) is 10.0. The molecule has 6 rings (SSSR count). The van der Waals surface area contributed by atoms with Gasteiger partial charge in [0.25, 0.3) is 0 Å². The third kappa shape index (κ3) is 4.18. The van der Waals surface area contributed by atoms with Crippen molar-refractivity contribution in [2.75, 3.05) is 14.2 Å². The van der Waals surface area contributed by atoms with Gasteiger partial charge in [0.1, 0.15) is 34.3 Å². The average molecular weight is 501 g/mol. The maximum atomic E-state index is 5.50. The van der Waals surface area contributed by atoms with Gasteiger partial charge in [-0.05, 0) is 24.3 Å². The van der Waals surface area contributed by atoms with Crippen LogP contribution in [-0.2, 0) is 0 Å². The largest absolute Gasteiger partial charge is 0.497 e. The molecule has 6 aromatic rings. The Morgan fingerprint density at radius 2 is 0.921 bits per heavy atom. The highest BCUT2D eigenvalue weighted by Gasteiger charge is 2.27. The summed E-state index contributed by atoms with van der Waals surface area (Å²) in [7, 11) is 3.29. The second-order valence-electron chi connectivity index (χ2n) is 8.53. The Bertz CT molecular complexity index is 1570. The van der Waals surface area contributed by atoms with E-state index in [0.29, 0.717) is 22.9 Å². The number of aromatic nitrogens is 6. The first-order chi connectivity index (χ1) is 18.8. The molecule has 0 atom stereocenters. The molecule has 0 aliphatic rings. The lowest BCUT2D eigenvalue weighted by Gasteiger charge is -2.13. The van der Waals surface area contributed by atoms with Crippen molar-refractivity contribution >= 4 is 0 Å². The summed E-state index contributed by atoms with van der Waals surface area (Å²) in [6.07, 6.45) is 0. The third-order valence-electron chi connectivity index (χ3n) is 6.26. The minimum atomic E-state index is 0.706. The molecule has 8 heteroatoms. The van der Waals surface area contributed by atoms with Crippen molar-refractivity contribution in [1.82, 2.24) is 30.0 Å². The van der Waals surface area contributed by atoms with Crippen molar-refractivity contribution in [2.45, 2.75) is 0 Å². The molecule has 0 bridgehead atoms. The Morgan fingerprint density at radius 3 is 1.32 bits per heavy atom. The van der Waals surface area contributed by atoms with Crippen LogP contribution >= 0.6 is 0 Å². The summed E-state index contributed by atoms with van der Waals surface area (Å²) < 4.78 is 14.6. The fourth-order valence-corrected chi connectivity index (χ4v) is 4.42. The van der Waals surface area contributed by atoms with E-state index < -0.39 is 0 Å². The molecule has 0 saturated carbocycles. The van der Waals surface area contributed by atoms with Crippen LogP contribution in [0.2, 0.25) is 0 Å². The normalized spacial score (nSPS) is 10.9. The van der Waals surface area contributed by atoms with Gasteiger partial charge < -0.3 is 9.47 Å². The van der Waals surface area contributed by atoms with Gasteiger partial charge in [-0.1, -0.05) is 83.2 Å². The fraction of sp³-hybridized carbons (Fsp3) is 0.0667. The SMILES string of the molecule is COc1cccc(-n2nnc(-c3ccccc3)c2-c2c(-c3ccccc3)nnn2-c2cccc(OC)c2)c1. The first-order valence-electron chi connectivity index (χ1n) is 12.1. The lowest BCUT2D eigenvalue weighted by Crippen LogP contribution is -2.06. The summed E-state index contributed by atoms with van der Waals surface area (Å²) >= 11 is 0. The van der Waals surface area contributed by atoms with Crippen LogP contribution in [0.4, 0.5) is 0 Å². The molecule has 0 fully saturated rings. The Morgan fingerprint density at radius 1 is 0.500 bits per heavy atom. The zero-order valence-corrected chi connectivity index (χ0v) is 20.9. The lowest BCUT2D eigenvalue weighted by molar-refractivity contribution is 0.414. The topological polar surface area (TPSA) is 79.9 Å². The number of hydrogen-bond donors (Lipinski definition) is 0. The van der Waals surface area contributed by atoms with E-state index in [0.717, 1.165) is 33.9 Å². The molecule has 38 heavy (non-hydrogen) atoms. The molecule has 186 valence electrons. The van der Waals surface area contributed by atoms with Crippen molar-refractivity contribution in [2.24, 2.45) is 0 Å². The summed E-state index contributed by atoms with van der Waals surface area (Å²) in [6, 6.07) is 35.4. The van der Waals surface area contributed by atoms with Crippen LogP contribution in [0.5, 0.6) is 11.5 Å². The van der Waals surface area contributed by atoms with Gasteiger partial charge in [0, 0.05) is 23.3 Å². The first kappa shape index (κ1) is 23.2. The van der Waals surface area contributed by atoms with Gasteiger partial charge in [0.2, 0.25) is 0 Å². The molecular formula is C30H24N6O2. The minimum absolute atomic E-state index is 0.706. The van der Waals surface area contributed by atoms with Crippen LogP contribution in [0.15, 0.2) is 109 Å². The Hall–Kier alpha value is -5.24. The third-order valence-corrected chi connectivity index (χ3v) is 6.26. The van der Waals surface area contributed by atoms with E-state index in [1.54, 1.807) is 14.2 Å². The van der Waals surface area contributed by atoms with E-state index in [-0.39, 0.29) is 0 Å². The van der Waals surface area contributed by atoms with Crippen molar-refractivity contribution in [1.29, 1.82) is 0 Å². The van der Waals surface area contributed by atoms with Crippen LogP contribution in [0, 0.1) is 0 Å². The highest BCUT2D eigenvalue weighted by molar-refractivity contribution is 5.86. The van der Waals surface area contributed by atoms with Gasteiger partial charge in [-0.2, -0.15) is 0 Å². The van der Waals surface area contributed by atoms with E-state index in [4.69, 9.17) is 9.47 Å². The van der Waals surface area contributed by atoms with Gasteiger partial charge in [-0.15, -0.1) is 10.2 Å². The number of ether oxygens (including phenoxy) is 2. The fourth-order valence-electron chi connectivity index (χ4n) is 4.42. The molecule has 0 aliphatic carbocycles. The molecule has 4 aromatic carbocycles. The van der Waals surface area contributed by atoms with E-state index in [2.05, 4.69) is 20.6 Å². The van der Waals surface area contributed by atoms with Crippen LogP contribution in [-0.4, -0.2) is 44.2 Å². The number of nitrogens with zero attached hydrogens (tertiary/aromatic N) is 6. The predicted molar refractivity (Wildman–Crippen MR) is 146 cm³/mol. The zero-order valence-electron chi connectivity index (χ0n) is 20.9. The number of hydrogen-bond acceptors (Lipinski definition) is 6. The van der Waals surface area contributed by atoms with Gasteiger partial charge in [0.15, 0.2) is 0 Å². The maximum absolute atomic E-state index is 5.50. The van der Waals surface area contributed by atoms with Gasteiger partial charge in [0.05, 0.1) is 25.6 Å². The molecule has 0 spiro atoms. The molecule has 0 saturated heterocycles. The van der Waals surface area contributed by atoms with Crippen molar-refractivity contribution in [3.8, 4) is 56.8 Å². The van der Waals surface area contributed by atoms with E-state index in [9.17, 15) is 0 Å². The molecule has 2 heterocycles. The van der Waals surface area contributed by atoms with Crippen molar-refractivity contribution < 1.29 is 9.47 Å². The molecule has 2 aromatic heterocycles. The molecule has 8 nitrogen and oxygen atoms in total.